The van der Waals surface area contributed by atoms with Gasteiger partial charge in [-0.2, -0.15) is 4.31 Å². The van der Waals surface area contributed by atoms with E-state index < -0.39 is 20.0 Å². The number of hydrazine groups is 1. The lowest BCUT2D eigenvalue weighted by Crippen LogP contribution is -2.42. The summed E-state index contributed by atoms with van der Waals surface area (Å²) in [6.45, 7) is 5.75. The average molecular weight is 491 g/mol. The first-order chi connectivity index (χ1) is 15.6. The zero-order valence-corrected chi connectivity index (χ0v) is 20.7. The van der Waals surface area contributed by atoms with Crippen LogP contribution in [0.4, 0.5) is 0 Å². The highest BCUT2D eigenvalue weighted by atomic mass is 32.2. The van der Waals surface area contributed by atoms with Crippen molar-refractivity contribution in [1.29, 1.82) is 0 Å². The molecule has 0 radical (unpaired) electrons. The van der Waals surface area contributed by atoms with Gasteiger partial charge in [0, 0.05) is 13.0 Å². The van der Waals surface area contributed by atoms with Crippen molar-refractivity contribution in [3.63, 3.8) is 0 Å². The van der Waals surface area contributed by atoms with Gasteiger partial charge in [-0.05, 0) is 44.5 Å². The summed E-state index contributed by atoms with van der Waals surface area (Å²) < 4.78 is 52.1. The lowest BCUT2D eigenvalue weighted by atomic mass is 10.2. The first-order valence-corrected chi connectivity index (χ1v) is 13.4. The van der Waals surface area contributed by atoms with E-state index in [0.29, 0.717) is 18.7 Å². The molecule has 8 nitrogen and oxygen atoms in total. The summed E-state index contributed by atoms with van der Waals surface area (Å²) in [4.78, 5) is 6.99. The second kappa shape index (κ2) is 12.0. The Morgan fingerprint density at radius 3 is 2.03 bits per heavy atom. The van der Waals surface area contributed by atoms with E-state index in [1.807, 2.05) is 20.8 Å². The molecule has 0 saturated heterocycles. The number of aryl methyl sites for hydroxylation is 2. The highest BCUT2D eigenvalue weighted by molar-refractivity contribution is 7.89. The summed E-state index contributed by atoms with van der Waals surface area (Å²) in [7, 11) is -7.55. The fourth-order valence-corrected chi connectivity index (χ4v) is 5.07. The van der Waals surface area contributed by atoms with E-state index in [0.717, 1.165) is 11.1 Å². The van der Waals surface area contributed by atoms with Gasteiger partial charge in [-0.15, -0.1) is 11.3 Å². The monoisotopic (exact) mass is 490 g/mol. The van der Waals surface area contributed by atoms with Crippen LogP contribution in [0, 0.1) is 26.2 Å². The van der Waals surface area contributed by atoms with E-state index in [-0.39, 0.29) is 29.4 Å². The van der Waals surface area contributed by atoms with Crippen molar-refractivity contribution in [1.82, 2.24) is 14.6 Å². The smallest absolute Gasteiger partial charge is 0.257 e. The van der Waals surface area contributed by atoms with Crippen molar-refractivity contribution < 1.29 is 16.8 Å². The zero-order chi connectivity index (χ0) is 24.5. The minimum absolute atomic E-state index is 0.0556. The van der Waals surface area contributed by atoms with Gasteiger partial charge in [-0.25, -0.2) is 16.8 Å². The van der Waals surface area contributed by atoms with Crippen LogP contribution in [0.25, 0.3) is 0 Å². The van der Waals surface area contributed by atoms with Crippen molar-refractivity contribution in [2.45, 2.75) is 43.4 Å². The Morgan fingerprint density at radius 1 is 0.970 bits per heavy atom. The number of hydrogen-bond acceptors (Lipinski definition) is 5. The maximum atomic E-state index is 12.9. The molecule has 0 aliphatic carbocycles. The van der Waals surface area contributed by atoms with Gasteiger partial charge in [-0.3, -0.25) is 10.4 Å². The average Bonchev–Trinajstić information content (AvgIpc) is 2.77. The van der Waals surface area contributed by atoms with Crippen LogP contribution in [0.3, 0.4) is 0 Å². The third-order valence-corrected chi connectivity index (χ3v) is 7.85. The van der Waals surface area contributed by atoms with Crippen molar-refractivity contribution in [2.75, 3.05) is 19.6 Å². The molecular formula is C23H30N4O4S2. The number of nitrogens with one attached hydrogen (secondary N) is 2. The number of nitrogens with zero attached hydrogens (tertiary/aromatic N) is 2. The first-order valence-electron chi connectivity index (χ1n) is 10.5. The number of benzene rings is 2. The largest absolute Gasteiger partial charge is 0.296 e. The van der Waals surface area contributed by atoms with Crippen LogP contribution in [-0.4, -0.2) is 46.6 Å². The molecule has 0 aromatic heterocycles. The fourth-order valence-electron chi connectivity index (χ4n) is 2.86. The molecule has 0 atom stereocenters. The van der Waals surface area contributed by atoms with Gasteiger partial charge in [0.25, 0.3) is 10.0 Å². The van der Waals surface area contributed by atoms with Gasteiger partial charge in [0.05, 0.1) is 22.9 Å². The van der Waals surface area contributed by atoms with Crippen LogP contribution < -0.4 is 10.3 Å². The predicted octanol–water partition coefficient (Wildman–Crippen LogP) is 2.61. The number of rotatable bonds is 11. The molecule has 0 unspecified atom stereocenters. The van der Waals surface area contributed by atoms with Crippen LogP contribution in [0.5, 0.6) is 0 Å². The van der Waals surface area contributed by atoms with Crippen LogP contribution in [0.2, 0.25) is 0 Å². The van der Waals surface area contributed by atoms with E-state index in [2.05, 4.69) is 21.2 Å². The molecule has 0 heterocycles. The third kappa shape index (κ3) is 7.68. The lowest BCUT2D eigenvalue weighted by molar-refractivity contribution is 0.454. The summed E-state index contributed by atoms with van der Waals surface area (Å²) in [6, 6.07) is 13.0. The number of sulfonamides is 2. The van der Waals surface area contributed by atoms with Crippen molar-refractivity contribution in [2.24, 2.45) is 4.99 Å². The van der Waals surface area contributed by atoms with Crippen LogP contribution >= 0.6 is 0 Å². The molecule has 2 aromatic carbocycles. The topological polar surface area (TPSA) is 108 Å². The molecular weight excluding hydrogens is 460 g/mol. The Kier molecular flexibility index (Phi) is 9.61. The summed E-state index contributed by atoms with van der Waals surface area (Å²) in [5.41, 5.74) is 4.56. The number of terminal acetylenes is 1. The molecule has 10 heteroatoms. The molecule has 0 amide bonds. The van der Waals surface area contributed by atoms with Crippen LogP contribution in [0.15, 0.2) is 63.3 Å². The Hall–Kier alpha value is -2.71. The van der Waals surface area contributed by atoms with Gasteiger partial charge in [-0.1, -0.05) is 48.2 Å². The molecule has 178 valence electrons. The van der Waals surface area contributed by atoms with Gasteiger partial charge in [0.1, 0.15) is 5.84 Å². The summed E-state index contributed by atoms with van der Waals surface area (Å²) >= 11 is 0. The van der Waals surface area contributed by atoms with Gasteiger partial charge in [0.2, 0.25) is 10.0 Å². The van der Waals surface area contributed by atoms with Crippen molar-refractivity contribution in [3.8, 4) is 12.3 Å². The predicted molar refractivity (Wildman–Crippen MR) is 131 cm³/mol. The molecule has 2 rings (SSSR count). The van der Waals surface area contributed by atoms with Crippen LogP contribution in [0.1, 0.15) is 30.9 Å². The summed E-state index contributed by atoms with van der Waals surface area (Å²) in [5.74, 6) is 2.78. The minimum Gasteiger partial charge on any atom is -0.296 e. The first kappa shape index (κ1) is 26.5. The summed E-state index contributed by atoms with van der Waals surface area (Å²) in [5, 5.41) is 0. The highest BCUT2D eigenvalue weighted by Gasteiger charge is 2.23. The SMILES string of the molecule is C#CCN(CCN=C(CCC)NNS(=O)(=O)c1ccc(C)cc1)S(=O)(=O)c1ccc(C)cc1. The van der Waals surface area contributed by atoms with E-state index in [1.165, 1.54) is 16.4 Å². The van der Waals surface area contributed by atoms with Crippen LogP contribution in [-0.2, 0) is 20.0 Å². The Morgan fingerprint density at radius 2 is 1.52 bits per heavy atom. The maximum absolute atomic E-state index is 12.9. The van der Waals surface area contributed by atoms with Crippen molar-refractivity contribution in [3.05, 3.63) is 59.7 Å². The van der Waals surface area contributed by atoms with Crippen molar-refractivity contribution >= 4 is 25.9 Å². The molecule has 2 aromatic rings. The second-order valence-corrected chi connectivity index (χ2v) is 11.1. The second-order valence-electron chi connectivity index (χ2n) is 7.48. The number of amidine groups is 1. The van der Waals surface area contributed by atoms with Gasteiger partial charge < -0.3 is 0 Å². The molecule has 0 saturated carbocycles. The third-order valence-electron chi connectivity index (χ3n) is 4.73. The molecule has 0 aliphatic rings. The standard InChI is InChI=1S/C23H30N4O4S2/c1-5-7-23(25-26-32(28,29)21-12-8-19(3)9-13-21)24-16-18-27(17-6-2)33(30,31)22-14-10-20(4)11-15-22/h2,8-15,26H,5,7,16-18H2,1,3-4H3,(H,24,25). The van der Waals surface area contributed by atoms with Gasteiger partial charge >= 0.3 is 0 Å². The minimum atomic E-state index is -3.78. The molecule has 33 heavy (non-hydrogen) atoms. The Balaban J connectivity index is 2.09. The zero-order valence-electron chi connectivity index (χ0n) is 19.1. The number of hydrogen-bond donors (Lipinski definition) is 2. The molecule has 0 spiro atoms. The van der Waals surface area contributed by atoms with Gasteiger partial charge in [0.15, 0.2) is 0 Å². The highest BCUT2D eigenvalue weighted by Crippen LogP contribution is 2.16. The normalized spacial score (nSPS) is 12.5. The lowest BCUT2D eigenvalue weighted by Gasteiger charge is -2.19. The van der Waals surface area contributed by atoms with E-state index in [4.69, 9.17) is 6.42 Å². The Bertz CT molecular complexity index is 1200. The fraction of sp³-hybridized carbons (Fsp3) is 0.348. The molecule has 0 fully saturated rings. The maximum Gasteiger partial charge on any atom is 0.257 e. The number of aliphatic imine (C=N–C) groups is 1. The summed E-state index contributed by atoms with van der Waals surface area (Å²) in [6.07, 6.45) is 6.59. The van der Waals surface area contributed by atoms with E-state index in [1.54, 1.807) is 36.4 Å². The Labute approximate surface area is 197 Å². The molecule has 2 N–H and O–H groups in total. The van der Waals surface area contributed by atoms with E-state index >= 15 is 0 Å². The molecule has 0 aliphatic heterocycles. The quantitative estimate of drug-likeness (QED) is 0.218. The molecule has 0 bridgehead atoms. The van der Waals surface area contributed by atoms with E-state index in [9.17, 15) is 16.8 Å².